The van der Waals surface area contributed by atoms with E-state index < -0.39 is 11.9 Å². The Morgan fingerprint density at radius 2 is 2.00 bits per heavy atom. The largest absolute Gasteiger partial charge is 0.458 e. The van der Waals surface area contributed by atoms with Crippen molar-refractivity contribution in [2.24, 2.45) is 0 Å². The van der Waals surface area contributed by atoms with Gasteiger partial charge in [-0.3, -0.25) is 0 Å². The predicted molar refractivity (Wildman–Crippen MR) is 81.0 cm³/mol. The minimum Gasteiger partial charge on any atom is -0.458 e. The Kier molecular flexibility index (Phi) is 3.70. The van der Waals surface area contributed by atoms with E-state index in [4.69, 9.17) is 16.0 Å². The van der Waals surface area contributed by atoms with Crippen molar-refractivity contribution < 1.29 is 13.9 Å². The molecule has 1 atom stereocenters. The van der Waals surface area contributed by atoms with Gasteiger partial charge in [-0.1, -0.05) is 29.3 Å². The first-order valence-electron chi connectivity index (χ1n) is 6.65. The second kappa shape index (κ2) is 5.51. The molecule has 108 valence electrons. The smallest absolute Gasteiger partial charge is 0.134 e. The summed E-state index contributed by atoms with van der Waals surface area (Å²) in [5.41, 5.74) is 2.24. The van der Waals surface area contributed by atoms with Gasteiger partial charge in [-0.25, -0.2) is 4.39 Å². The summed E-state index contributed by atoms with van der Waals surface area (Å²) in [6.07, 6.45) is -0.754. The number of rotatable bonds is 3. The fraction of sp³-hybridized carbons (Fsp3) is 0.176. The number of hydrogen-bond donors (Lipinski definition) is 1. The summed E-state index contributed by atoms with van der Waals surface area (Å²) in [4.78, 5) is 0. The molecule has 0 bridgehead atoms. The molecule has 1 unspecified atom stereocenters. The van der Waals surface area contributed by atoms with Crippen molar-refractivity contribution in [1.29, 1.82) is 0 Å². The molecule has 2 aromatic carbocycles. The van der Waals surface area contributed by atoms with E-state index in [-0.39, 0.29) is 6.42 Å². The monoisotopic (exact) mass is 304 g/mol. The van der Waals surface area contributed by atoms with Crippen LogP contribution in [0.4, 0.5) is 4.39 Å². The van der Waals surface area contributed by atoms with E-state index in [0.29, 0.717) is 21.9 Å². The molecule has 0 saturated carbocycles. The maximum atomic E-state index is 13.8. The van der Waals surface area contributed by atoms with Crippen LogP contribution >= 0.6 is 11.6 Å². The van der Waals surface area contributed by atoms with Gasteiger partial charge in [-0.05, 0) is 42.8 Å². The Morgan fingerprint density at radius 1 is 1.19 bits per heavy atom. The average Bonchev–Trinajstić information content (AvgIpc) is 2.85. The van der Waals surface area contributed by atoms with Gasteiger partial charge in [-0.2, -0.15) is 0 Å². The molecular formula is C17H14ClFO2. The van der Waals surface area contributed by atoms with Gasteiger partial charge in [-0.15, -0.1) is 0 Å². The van der Waals surface area contributed by atoms with Gasteiger partial charge in [0.1, 0.15) is 23.3 Å². The molecule has 0 fully saturated rings. The van der Waals surface area contributed by atoms with Gasteiger partial charge in [0.2, 0.25) is 0 Å². The Balaban J connectivity index is 1.87. The molecule has 4 heteroatoms. The first-order chi connectivity index (χ1) is 10.0. The first-order valence-corrected chi connectivity index (χ1v) is 7.03. The fourth-order valence-electron chi connectivity index (χ4n) is 2.34. The molecule has 3 aromatic rings. The van der Waals surface area contributed by atoms with Gasteiger partial charge in [0.15, 0.2) is 0 Å². The number of fused-ring (bicyclic) bond motifs is 1. The summed E-state index contributed by atoms with van der Waals surface area (Å²) in [6.45, 7) is 1.99. The van der Waals surface area contributed by atoms with Crippen LogP contribution in [0.5, 0.6) is 0 Å². The lowest BCUT2D eigenvalue weighted by Gasteiger charge is -2.08. The topological polar surface area (TPSA) is 33.4 Å². The zero-order chi connectivity index (χ0) is 15.0. The molecule has 1 N–H and O–H groups in total. The van der Waals surface area contributed by atoms with Crippen LogP contribution in [0.3, 0.4) is 0 Å². The Morgan fingerprint density at radius 3 is 2.76 bits per heavy atom. The summed E-state index contributed by atoms with van der Waals surface area (Å²) >= 11 is 5.72. The van der Waals surface area contributed by atoms with Gasteiger partial charge in [0.25, 0.3) is 0 Å². The fourth-order valence-corrected chi connectivity index (χ4v) is 2.50. The van der Waals surface area contributed by atoms with Crippen molar-refractivity contribution >= 4 is 22.6 Å². The van der Waals surface area contributed by atoms with Crippen LogP contribution < -0.4 is 0 Å². The zero-order valence-corrected chi connectivity index (χ0v) is 12.2. The van der Waals surface area contributed by atoms with E-state index >= 15 is 0 Å². The van der Waals surface area contributed by atoms with Crippen molar-refractivity contribution in [2.75, 3.05) is 0 Å². The normalized spacial score (nSPS) is 12.8. The number of aryl methyl sites for hydroxylation is 1. The summed E-state index contributed by atoms with van der Waals surface area (Å²) in [5, 5.41) is 11.5. The van der Waals surface area contributed by atoms with Crippen LogP contribution in [-0.4, -0.2) is 5.11 Å². The lowest BCUT2D eigenvalue weighted by atomic mass is 10.1. The molecule has 0 amide bonds. The first kappa shape index (κ1) is 14.1. The van der Waals surface area contributed by atoms with Crippen molar-refractivity contribution in [2.45, 2.75) is 19.4 Å². The van der Waals surface area contributed by atoms with E-state index in [2.05, 4.69) is 0 Å². The number of aliphatic hydroxyl groups is 1. The van der Waals surface area contributed by atoms with Crippen LogP contribution in [0.15, 0.2) is 46.9 Å². The number of benzene rings is 2. The average molecular weight is 305 g/mol. The molecule has 1 heterocycles. The number of halogens is 2. The van der Waals surface area contributed by atoms with Gasteiger partial charge in [0, 0.05) is 16.8 Å². The maximum absolute atomic E-state index is 13.8. The van der Waals surface area contributed by atoms with Crippen molar-refractivity contribution in [1.82, 2.24) is 0 Å². The van der Waals surface area contributed by atoms with Crippen LogP contribution in [0.1, 0.15) is 23.0 Å². The molecular weight excluding hydrogens is 291 g/mol. The van der Waals surface area contributed by atoms with Crippen LogP contribution in [-0.2, 0) is 6.42 Å². The minimum atomic E-state index is -0.895. The van der Waals surface area contributed by atoms with E-state index in [9.17, 15) is 9.50 Å². The predicted octanol–water partition coefficient (Wildman–Crippen LogP) is 4.81. The molecule has 0 aliphatic heterocycles. The van der Waals surface area contributed by atoms with Gasteiger partial charge >= 0.3 is 0 Å². The molecule has 0 radical (unpaired) electrons. The summed E-state index contributed by atoms with van der Waals surface area (Å²) in [7, 11) is 0. The molecule has 3 rings (SSSR count). The minimum absolute atomic E-state index is 0.141. The lowest BCUT2D eigenvalue weighted by Crippen LogP contribution is -2.02. The summed E-state index contributed by atoms with van der Waals surface area (Å²) in [6, 6.07) is 12.0. The second-order valence-electron chi connectivity index (χ2n) is 5.15. The molecule has 21 heavy (non-hydrogen) atoms. The van der Waals surface area contributed by atoms with Crippen molar-refractivity contribution in [3.05, 3.63) is 70.2 Å². The highest BCUT2D eigenvalue weighted by molar-refractivity contribution is 6.30. The van der Waals surface area contributed by atoms with Crippen LogP contribution in [0.2, 0.25) is 5.02 Å². The molecule has 1 aromatic heterocycles. The third-order valence-electron chi connectivity index (χ3n) is 3.45. The van der Waals surface area contributed by atoms with Crippen molar-refractivity contribution in [3.8, 4) is 0 Å². The highest BCUT2D eigenvalue weighted by atomic mass is 35.5. The Bertz CT molecular complexity index is 795. The van der Waals surface area contributed by atoms with E-state index in [1.807, 2.05) is 25.1 Å². The highest BCUT2D eigenvalue weighted by Crippen LogP contribution is 2.28. The standard InChI is InChI=1S/C17H14ClFO2/c1-10-2-5-16-12(6-10)8-17(21-16)15(20)7-11-3-4-13(18)9-14(11)19/h2-6,8-9,15,20H,7H2,1H3. The molecule has 2 nitrogen and oxygen atoms in total. The third-order valence-corrected chi connectivity index (χ3v) is 3.68. The number of hydrogen-bond acceptors (Lipinski definition) is 2. The highest BCUT2D eigenvalue weighted by Gasteiger charge is 2.16. The Hall–Kier alpha value is -1.84. The maximum Gasteiger partial charge on any atom is 0.134 e. The van der Waals surface area contributed by atoms with E-state index in [0.717, 1.165) is 10.9 Å². The van der Waals surface area contributed by atoms with Crippen LogP contribution in [0, 0.1) is 12.7 Å². The number of aliphatic hydroxyl groups excluding tert-OH is 1. The SMILES string of the molecule is Cc1ccc2oc(C(O)Cc3ccc(Cl)cc3F)cc2c1. The molecule has 0 aliphatic rings. The number of furan rings is 1. The summed E-state index contributed by atoms with van der Waals surface area (Å²) < 4.78 is 19.4. The quantitative estimate of drug-likeness (QED) is 0.753. The molecule has 0 spiro atoms. The lowest BCUT2D eigenvalue weighted by molar-refractivity contribution is 0.151. The van der Waals surface area contributed by atoms with Crippen molar-refractivity contribution in [3.63, 3.8) is 0 Å². The summed E-state index contributed by atoms with van der Waals surface area (Å²) in [5.74, 6) is 0.0125. The molecule has 0 saturated heterocycles. The van der Waals surface area contributed by atoms with E-state index in [1.165, 1.54) is 6.07 Å². The van der Waals surface area contributed by atoms with Gasteiger partial charge < -0.3 is 9.52 Å². The second-order valence-corrected chi connectivity index (χ2v) is 5.58. The van der Waals surface area contributed by atoms with Gasteiger partial charge in [0.05, 0.1) is 0 Å². The zero-order valence-electron chi connectivity index (χ0n) is 11.4. The molecule has 0 aliphatic carbocycles. The third kappa shape index (κ3) is 2.94. The Labute approximate surface area is 126 Å². The van der Waals surface area contributed by atoms with Crippen LogP contribution in [0.25, 0.3) is 11.0 Å². The van der Waals surface area contributed by atoms with E-state index in [1.54, 1.807) is 18.2 Å².